The van der Waals surface area contributed by atoms with Crippen molar-refractivity contribution in [3.05, 3.63) is 62.8 Å². The maximum atomic E-state index is 5.91. The number of nitrogens with one attached hydrogen (secondary N) is 2. The van der Waals surface area contributed by atoms with Crippen molar-refractivity contribution >= 4 is 28.6 Å². The highest BCUT2D eigenvalue weighted by molar-refractivity contribution is 7.10. The second-order valence-corrected chi connectivity index (χ2v) is 5.70. The predicted octanol–water partition coefficient (Wildman–Crippen LogP) is 3.98. The Morgan fingerprint density at radius 3 is 2.61 bits per heavy atom. The van der Waals surface area contributed by atoms with E-state index in [1.54, 1.807) is 11.3 Å². The molecule has 1 aliphatic rings. The van der Waals surface area contributed by atoms with Gasteiger partial charge in [-0.25, -0.2) is 5.43 Å². The van der Waals surface area contributed by atoms with Gasteiger partial charge in [0.05, 0.1) is 11.7 Å². The average molecular weight is 277 g/mol. The molecule has 0 aliphatic carbocycles. The smallest absolute Gasteiger partial charge is 0.0833 e. The van der Waals surface area contributed by atoms with Gasteiger partial charge in [0.2, 0.25) is 0 Å². The van der Waals surface area contributed by atoms with Crippen LogP contribution in [0.15, 0.2) is 47.4 Å². The van der Waals surface area contributed by atoms with E-state index in [1.165, 1.54) is 10.5 Å². The summed E-state index contributed by atoms with van der Waals surface area (Å²) in [5, 5.41) is 2.86. The molecule has 0 spiro atoms. The van der Waals surface area contributed by atoms with Gasteiger partial charge >= 0.3 is 0 Å². The molecule has 1 aliphatic heterocycles. The summed E-state index contributed by atoms with van der Waals surface area (Å²) in [4.78, 5) is 1.32. The molecule has 0 amide bonds. The van der Waals surface area contributed by atoms with Crippen LogP contribution in [0, 0.1) is 0 Å². The fourth-order valence-corrected chi connectivity index (χ4v) is 3.12. The molecule has 3 rings (SSSR count). The summed E-state index contributed by atoms with van der Waals surface area (Å²) >= 11 is 7.68. The highest BCUT2D eigenvalue weighted by atomic mass is 35.5. The summed E-state index contributed by atoms with van der Waals surface area (Å²) in [6.07, 6.45) is 0. The van der Waals surface area contributed by atoms with Crippen LogP contribution in [-0.4, -0.2) is 0 Å². The van der Waals surface area contributed by atoms with E-state index in [0.29, 0.717) is 0 Å². The third-order valence-electron chi connectivity index (χ3n) is 3.13. The van der Waals surface area contributed by atoms with Crippen LogP contribution in [0.4, 0.5) is 0 Å². The molecule has 0 saturated carbocycles. The Kier molecular flexibility index (Phi) is 3.12. The van der Waals surface area contributed by atoms with Crippen LogP contribution in [0.5, 0.6) is 0 Å². The lowest BCUT2D eigenvalue weighted by atomic mass is 10.0. The largest absolute Gasteiger partial charge is 0.320 e. The molecule has 0 fully saturated rings. The lowest BCUT2D eigenvalue weighted by Crippen LogP contribution is -2.26. The van der Waals surface area contributed by atoms with E-state index < -0.39 is 0 Å². The first kappa shape index (κ1) is 11.8. The Morgan fingerprint density at radius 1 is 1.17 bits per heavy atom. The molecule has 0 saturated heterocycles. The highest BCUT2D eigenvalue weighted by Gasteiger charge is 2.24. The first-order valence-electron chi connectivity index (χ1n) is 5.77. The number of rotatable bonds is 2. The molecule has 1 aromatic carbocycles. The lowest BCUT2D eigenvalue weighted by molar-refractivity contribution is 0.609. The third kappa shape index (κ3) is 2.05. The zero-order chi connectivity index (χ0) is 12.5. The Morgan fingerprint density at radius 2 is 1.94 bits per heavy atom. The van der Waals surface area contributed by atoms with Crippen LogP contribution < -0.4 is 10.9 Å². The van der Waals surface area contributed by atoms with Gasteiger partial charge in [-0.3, -0.25) is 0 Å². The van der Waals surface area contributed by atoms with Crippen LogP contribution in [-0.2, 0) is 0 Å². The van der Waals surface area contributed by atoms with Crippen molar-refractivity contribution in [2.45, 2.75) is 13.0 Å². The minimum absolute atomic E-state index is 0.260. The van der Waals surface area contributed by atoms with Crippen LogP contribution in [0.3, 0.4) is 0 Å². The van der Waals surface area contributed by atoms with Crippen molar-refractivity contribution in [1.82, 2.24) is 10.9 Å². The van der Waals surface area contributed by atoms with Crippen molar-refractivity contribution in [2.24, 2.45) is 0 Å². The fraction of sp³-hybridized carbons (Fsp3) is 0.143. The summed E-state index contributed by atoms with van der Waals surface area (Å²) in [6.45, 7) is 2.15. The fourth-order valence-electron chi connectivity index (χ4n) is 2.15. The first-order chi connectivity index (χ1) is 8.75. The molecule has 92 valence electrons. The molecule has 2 nitrogen and oxygen atoms in total. The Hall–Kier alpha value is -1.29. The maximum Gasteiger partial charge on any atom is 0.0833 e. The second-order valence-electron chi connectivity index (χ2n) is 4.28. The van der Waals surface area contributed by atoms with Crippen molar-refractivity contribution < 1.29 is 0 Å². The van der Waals surface area contributed by atoms with E-state index in [0.717, 1.165) is 16.3 Å². The van der Waals surface area contributed by atoms with E-state index in [1.807, 2.05) is 24.3 Å². The van der Waals surface area contributed by atoms with Gasteiger partial charge < -0.3 is 5.43 Å². The Balaban J connectivity index is 1.95. The predicted molar refractivity (Wildman–Crippen MR) is 77.4 cm³/mol. The number of benzene rings is 1. The van der Waals surface area contributed by atoms with E-state index in [2.05, 4.69) is 35.3 Å². The number of hydrazine groups is 1. The van der Waals surface area contributed by atoms with E-state index >= 15 is 0 Å². The molecular weight excluding hydrogens is 264 g/mol. The molecule has 1 aromatic heterocycles. The van der Waals surface area contributed by atoms with Gasteiger partial charge in [-0.2, -0.15) is 0 Å². The third-order valence-corrected chi connectivity index (χ3v) is 4.32. The second kappa shape index (κ2) is 4.76. The van der Waals surface area contributed by atoms with Gasteiger partial charge in [0.15, 0.2) is 0 Å². The molecule has 2 N–H and O–H groups in total. The number of halogens is 1. The first-order valence-corrected chi connectivity index (χ1v) is 7.03. The molecule has 18 heavy (non-hydrogen) atoms. The molecule has 1 unspecified atom stereocenters. The Bertz CT molecular complexity index is 572. The SMILES string of the molecule is CC1=C(c2ccc(Cl)cc2)NNC1c1cccs1. The zero-order valence-electron chi connectivity index (χ0n) is 9.91. The van der Waals surface area contributed by atoms with Gasteiger partial charge in [-0.05, 0) is 41.6 Å². The van der Waals surface area contributed by atoms with E-state index in [9.17, 15) is 0 Å². The van der Waals surface area contributed by atoms with Gasteiger partial charge in [-0.1, -0.05) is 29.8 Å². The van der Waals surface area contributed by atoms with Crippen LogP contribution in [0.2, 0.25) is 5.02 Å². The van der Waals surface area contributed by atoms with Crippen molar-refractivity contribution in [3.63, 3.8) is 0 Å². The molecule has 2 heterocycles. The standard InChI is InChI=1S/C14H13ClN2S/c1-9-13(10-4-6-11(15)7-5-10)16-17-14(9)12-3-2-8-18-12/h2-8,14,16-17H,1H3. The molecule has 0 bridgehead atoms. The van der Waals surface area contributed by atoms with Gasteiger partial charge in [0.25, 0.3) is 0 Å². The van der Waals surface area contributed by atoms with Crippen LogP contribution >= 0.6 is 22.9 Å². The van der Waals surface area contributed by atoms with Crippen molar-refractivity contribution in [1.29, 1.82) is 0 Å². The molecular formula is C14H13ClN2S. The average Bonchev–Trinajstić information content (AvgIpc) is 2.99. The number of thiophene rings is 1. The van der Waals surface area contributed by atoms with Crippen LogP contribution in [0.25, 0.3) is 5.70 Å². The monoisotopic (exact) mass is 276 g/mol. The topological polar surface area (TPSA) is 24.1 Å². The molecule has 1 atom stereocenters. The minimum Gasteiger partial charge on any atom is -0.320 e. The summed E-state index contributed by atoms with van der Waals surface area (Å²) in [5.41, 5.74) is 10.2. The number of hydrogen-bond donors (Lipinski definition) is 2. The van der Waals surface area contributed by atoms with E-state index in [4.69, 9.17) is 11.6 Å². The number of hydrogen-bond acceptors (Lipinski definition) is 3. The van der Waals surface area contributed by atoms with Crippen LogP contribution in [0.1, 0.15) is 23.4 Å². The molecule has 0 radical (unpaired) electrons. The van der Waals surface area contributed by atoms with Gasteiger partial charge in [-0.15, -0.1) is 11.3 Å². The zero-order valence-corrected chi connectivity index (χ0v) is 11.5. The highest BCUT2D eigenvalue weighted by Crippen LogP contribution is 2.33. The summed E-state index contributed by atoms with van der Waals surface area (Å²) in [7, 11) is 0. The quantitative estimate of drug-likeness (QED) is 0.867. The van der Waals surface area contributed by atoms with Gasteiger partial charge in [0, 0.05) is 9.90 Å². The Labute approximate surface area is 115 Å². The summed E-state index contributed by atoms with van der Waals surface area (Å²) in [6, 6.07) is 12.4. The van der Waals surface area contributed by atoms with Gasteiger partial charge in [0.1, 0.15) is 0 Å². The van der Waals surface area contributed by atoms with Crippen molar-refractivity contribution in [2.75, 3.05) is 0 Å². The minimum atomic E-state index is 0.260. The lowest BCUT2D eigenvalue weighted by Gasteiger charge is -2.08. The maximum absolute atomic E-state index is 5.91. The summed E-state index contributed by atoms with van der Waals surface area (Å²) < 4.78 is 0. The molecule has 2 aromatic rings. The summed E-state index contributed by atoms with van der Waals surface area (Å²) in [5.74, 6) is 0. The normalized spacial score (nSPS) is 19.1. The van der Waals surface area contributed by atoms with E-state index in [-0.39, 0.29) is 6.04 Å². The van der Waals surface area contributed by atoms with Crippen molar-refractivity contribution in [3.8, 4) is 0 Å². The molecule has 4 heteroatoms.